The molecule has 298 valence electrons. The van der Waals surface area contributed by atoms with Gasteiger partial charge in [-0.1, -0.05) is 35.3 Å². The molecule has 1 amide bonds. The molecule has 57 heavy (non-hydrogen) atoms. The second-order valence-electron chi connectivity index (χ2n) is 15.6. The molecule has 6 aromatic rings. The zero-order valence-electron chi connectivity index (χ0n) is 33.3. The van der Waals surface area contributed by atoms with Crippen molar-refractivity contribution >= 4 is 62.6 Å². The quantitative estimate of drug-likeness (QED) is 0.123. The maximum atomic E-state index is 15.4. The van der Waals surface area contributed by atoms with E-state index in [-0.39, 0.29) is 24.2 Å². The first-order chi connectivity index (χ1) is 27.3. The molecule has 0 radical (unpaired) electrons. The third-order valence-corrected chi connectivity index (χ3v) is 12.5. The summed E-state index contributed by atoms with van der Waals surface area (Å²) in [6.07, 6.45) is 1.14. The number of halogens is 2. The Balaban J connectivity index is 1.25. The summed E-state index contributed by atoms with van der Waals surface area (Å²) in [6.45, 7) is 13.0. The summed E-state index contributed by atoms with van der Waals surface area (Å²) in [6, 6.07) is 13.3. The molecule has 3 aromatic carbocycles. The van der Waals surface area contributed by atoms with Crippen LogP contribution in [0.25, 0.3) is 32.9 Å². The van der Waals surface area contributed by atoms with Gasteiger partial charge < -0.3 is 33.4 Å². The van der Waals surface area contributed by atoms with Gasteiger partial charge in [-0.3, -0.25) is 9.48 Å². The van der Waals surface area contributed by atoms with Crippen LogP contribution in [0.4, 0.5) is 5.69 Å². The van der Waals surface area contributed by atoms with Crippen molar-refractivity contribution in [3.05, 3.63) is 97.5 Å². The third-order valence-electron chi connectivity index (χ3n) is 11.6. The second kappa shape index (κ2) is 15.2. The zero-order chi connectivity index (χ0) is 40.4. The Morgan fingerprint density at radius 1 is 1.00 bits per heavy atom. The van der Waals surface area contributed by atoms with E-state index in [2.05, 4.69) is 11.5 Å². The molecule has 0 bridgehead atoms. The number of aromatic nitrogens is 4. The number of hydrogen-bond acceptors (Lipinski definition) is 6. The number of hydrogen-bond donors (Lipinski definition) is 1. The van der Waals surface area contributed by atoms with E-state index in [1.807, 2.05) is 81.9 Å². The number of amides is 1. The molecule has 1 N–H and O–H groups in total. The molecule has 1 atom stereocenters. The smallest absolute Gasteiger partial charge is 0.354 e. The number of carbonyl (C=O) groups excluding carboxylic acids is 1. The normalized spacial score (nSPS) is 15.8. The summed E-state index contributed by atoms with van der Waals surface area (Å²) in [5, 5.41) is 18.3. The lowest BCUT2D eigenvalue weighted by Gasteiger charge is -2.34. The van der Waals surface area contributed by atoms with Gasteiger partial charge >= 0.3 is 5.97 Å². The van der Waals surface area contributed by atoms with Crippen LogP contribution in [0, 0.1) is 33.6 Å². The lowest BCUT2D eigenvalue weighted by Crippen LogP contribution is -2.43. The highest BCUT2D eigenvalue weighted by atomic mass is 35.5. The van der Waals surface area contributed by atoms with Crippen molar-refractivity contribution in [3.63, 3.8) is 0 Å². The second-order valence-corrected chi connectivity index (χ2v) is 16.4. The van der Waals surface area contributed by atoms with Crippen LogP contribution in [-0.2, 0) is 36.6 Å². The van der Waals surface area contributed by atoms with Gasteiger partial charge in [0, 0.05) is 65.2 Å². The Morgan fingerprint density at radius 2 is 1.74 bits per heavy atom. The molecule has 2 aliphatic rings. The molecule has 13 heteroatoms. The number of carboxylic acids is 1. The van der Waals surface area contributed by atoms with Crippen molar-refractivity contribution in [1.29, 1.82) is 0 Å². The van der Waals surface area contributed by atoms with Crippen molar-refractivity contribution < 1.29 is 28.9 Å². The molecule has 0 aliphatic carbocycles. The summed E-state index contributed by atoms with van der Waals surface area (Å²) >= 11 is 13.6. The van der Waals surface area contributed by atoms with Gasteiger partial charge in [0.05, 0.1) is 60.5 Å². The van der Waals surface area contributed by atoms with E-state index in [1.54, 1.807) is 16.5 Å². The fourth-order valence-electron chi connectivity index (χ4n) is 8.73. The minimum atomic E-state index is -1.11. The van der Waals surface area contributed by atoms with Crippen LogP contribution in [0.2, 0.25) is 10.0 Å². The maximum Gasteiger partial charge on any atom is 0.354 e. The fourth-order valence-corrected chi connectivity index (χ4v) is 9.08. The SMILES string of the molecule is Cc1cc(OCCCc2c3n(c4c(-c5c(C)nn(C)c5C)c(Cl)ccc24)[C@H](C)CN(c2c(C(=O)O)n(C)c4ccc(COCC5COC5)cc24)C3=O)cc(C)c1Cl. The van der Waals surface area contributed by atoms with E-state index >= 15 is 4.79 Å². The molecule has 0 saturated carbocycles. The van der Waals surface area contributed by atoms with E-state index in [1.165, 1.54) is 0 Å². The first kappa shape index (κ1) is 39.0. The molecule has 11 nitrogen and oxygen atoms in total. The van der Waals surface area contributed by atoms with Crippen LogP contribution in [0.3, 0.4) is 0 Å². The minimum absolute atomic E-state index is 0.0497. The van der Waals surface area contributed by atoms with E-state index < -0.39 is 5.97 Å². The lowest BCUT2D eigenvalue weighted by atomic mass is 9.98. The Kier molecular flexibility index (Phi) is 10.4. The Hall–Kier alpha value is -4.81. The molecule has 0 spiro atoms. The molecule has 0 unspecified atom stereocenters. The topological polar surface area (TPSA) is 113 Å². The number of aryl methyl sites for hydroxylation is 6. The van der Waals surface area contributed by atoms with E-state index in [0.29, 0.717) is 79.1 Å². The van der Waals surface area contributed by atoms with Crippen LogP contribution in [0.15, 0.2) is 42.5 Å². The fraction of sp³-hybridized carbons (Fsp3) is 0.386. The van der Waals surface area contributed by atoms with E-state index in [9.17, 15) is 9.90 Å². The zero-order valence-corrected chi connectivity index (χ0v) is 34.8. The number of anilines is 1. The number of carbonyl (C=O) groups is 2. The van der Waals surface area contributed by atoms with Gasteiger partial charge in [0.1, 0.15) is 11.4 Å². The number of rotatable bonds is 12. The Morgan fingerprint density at radius 3 is 2.39 bits per heavy atom. The van der Waals surface area contributed by atoms with E-state index in [0.717, 1.165) is 66.4 Å². The van der Waals surface area contributed by atoms with Gasteiger partial charge in [0.2, 0.25) is 0 Å². The van der Waals surface area contributed by atoms with Crippen LogP contribution >= 0.6 is 23.2 Å². The molecular formula is C44H47Cl2N5O6. The molecule has 1 fully saturated rings. The number of nitrogens with zero attached hydrogens (tertiary/aromatic N) is 5. The van der Waals surface area contributed by atoms with Gasteiger partial charge in [0.15, 0.2) is 5.69 Å². The first-order valence-corrected chi connectivity index (χ1v) is 20.1. The maximum absolute atomic E-state index is 15.4. The number of fused-ring (bicyclic) bond motifs is 4. The predicted molar refractivity (Wildman–Crippen MR) is 224 cm³/mol. The summed E-state index contributed by atoms with van der Waals surface area (Å²) in [5.74, 6) is -0.261. The average Bonchev–Trinajstić information content (AvgIpc) is 3.73. The molecule has 1 saturated heterocycles. The highest BCUT2D eigenvalue weighted by molar-refractivity contribution is 6.35. The molecule has 8 rings (SSSR count). The van der Waals surface area contributed by atoms with Gasteiger partial charge in [-0.05, 0) is 100 Å². The monoisotopic (exact) mass is 811 g/mol. The van der Waals surface area contributed by atoms with Gasteiger partial charge in [-0.2, -0.15) is 5.10 Å². The third kappa shape index (κ3) is 6.68. The van der Waals surface area contributed by atoms with Gasteiger partial charge in [0.25, 0.3) is 5.91 Å². The van der Waals surface area contributed by atoms with Crippen molar-refractivity contribution in [2.24, 2.45) is 20.0 Å². The Labute approximate surface area is 341 Å². The number of benzene rings is 3. The van der Waals surface area contributed by atoms with Crippen molar-refractivity contribution in [2.75, 3.05) is 37.9 Å². The predicted octanol–water partition coefficient (Wildman–Crippen LogP) is 9.17. The van der Waals surface area contributed by atoms with Crippen LogP contribution < -0.4 is 9.64 Å². The summed E-state index contributed by atoms with van der Waals surface area (Å²) < 4.78 is 23.2. The molecule has 5 heterocycles. The van der Waals surface area contributed by atoms with Crippen LogP contribution in [0.1, 0.15) is 74.0 Å². The molecular weight excluding hydrogens is 765 g/mol. The lowest BCUT2D eigenvalue weighted by molar-refractivity contribution is -0.0745. The average molecular weight is 813 g/mol. The highest BCUT2D eigenvalue weighted by Crippen LogP contribution is 2.46. The summed E-state index contributed by atoms with van der Waals surface area (Å²) in [7, 11) is 3.65. The largest absolute Gasteiger partial charge is 0.494 e. The molecule has 2 aliphatic heterocycles. The minimum Gasteiger partial charge on any atom is -0.494 e. The van der Waals surface area contributed by atoms with Gasteiger partial charge in [-0.25, -0.2) is 4.79 Å². The van der Waals surface area contributed by atoms with Crippen LogP contribution in [0.5, 0.6) is 5.75 Å². The van der Waals surface area contributed by atoms with Crippen molar-refractivity contribution in [2.45, 2.75) is 60.1 Å². The standard InChI is InChI=1S/C44H47Cl2N5O6/c1-23-15-30(16-24(2)38(23)46)57-14-8-9-31-32-11-12-34(45)37(36-26(4)47-49(7)27(36)5)39(32)51-25(3)18-50(43(52)41(31)51)40-33-17-28(19-55-20-29-21-56-22-29)10-13-35(33)48(6)42(40)44(53)54/h10-13,15-17,25,29H,8-9,14,18-22H2,1-7H3,(H,53,54)/t25-/m1/s1. The van der Waals surface area contributed by atoms with Crippen molar-refractivity contribution in [3.8, 4) is 16.9 Å². The van der Waals surface area contributed by atoms with Crippen molar-refractivity contribution in [1.82, 2.24) is 18.9 Å². The highest BCUT2D eigenvalue weighted by Gasteiger charge is 2.39. The summed E-state index contributed by atoms with van der Waals surface area (Å²) in [5.41, 5.74) is 9.73. The molecule has 3 aromatic heterocycles. The number of carboxylic acid groups (broad SMARTS) is 1. The summed E-state index contributed by atoms with van der Waals surface area (Å²) in [4.78, 5) is 30.1. The number of ether oxygens (including phenoxy) is 3. The van der Waals surface area contributed by atoms with Crippen LogP contribution in [-0.4, -0.2) is 68.9 Å². The first-order valence-electron chi connectivity index (χ1n) is 19.3. The van der Waals surface area contributed by atoms with E-state index in [4.69, 9.17) is 42.5 Å². The van der Waals surface area contributed by atoms with Gasteiger partial charge in [-0.15, -0.1) is 0 Å². The Bertz CT molecular complexity index is 2580. The number of aromatic carboxylic acids is 1.